The van der Waals surface area contributed by atoms with Crippen LogP contribution in [0.4, 0.5) is 16.0 Å². The van der Waals surface area contributed by atoms with Crippen molar-refractivity contribution in [3.05, 3.63) is 72.3 Å². The molecular weight excluding hydrogens is 481 g/mol. The highest BCUT2D eigenvalue weighted by Crippen LogP contribution is 2.30. The SMILES string of the molecule is CC(C)Oc1ccc(Nc2ncc3ccn(-c4ccc(C(O)(O)N5CCSCC5)c(F)c4)c3n2)cc1. The first-order valence-corrected chi connectivity index (χ1v) is 12.9. The highest BCUT2D eigenvalue weighted by molar-refractivity contribution is 7.99. The number of nitrogens with zero attached hydrogens (tertiary/aromatic N) is 4. The molecule has 0 bridgehead atoms. The lowest BCUT2D eigenvalue weighted by Crippen LogP contribution is -2.50. The second kappa shape index (κ2) is 10.1. The molecule has 2 aromatic heterocycles. The van der Waals surface area contributed by atoms with Gasteiger partial charge in [0.1, 0.15) is 17.2 Å². The molecule has 188 valence electrons. The number of rotatable bonds is 7. The van der Waals surface area contributed by atoms with Crippen LogP contribution in [0.3, 0.4) is 0 Å². The second-order valence-electron chi connectivity index (χ2n) is 8.87. The zero-order chi connectivity index (χ0) is 25.3. The summed E-state index contributed by atoms with van der Waals surface area (Å²) in [5, 5.41) is 25.4. The normalized spacial score (nSPS) is 14.9. The molecule has 5 rings (SSSR count). The maximum Gasteiger partial charge on any atom is 0.256 e. The van der Waals surface area contributed by atoms with Gasteiger partial charge < -0.3 is 24.8 Å². The van der Waals surface area contributed by atoms with Gasteiger partial charge in [0.2, 0.25) is 5.95 Å². The summed E-state index contributed by atoms with van der Waals surface area (Å²) in [6, 6.07) is 13.7. The van der Waals surface area contributed by atoms with Crippen LogP contribution in [0.25, 0.3) is 16.7 Å². The van der Waals surface area contributed by atoms with Gasteiger partial charge in [-0.1, -0.05) is 0 Å². The smallest absolute Gasteiger partial charge is 0.256 e. The lowest BCUT2D eigenvalue weighted by molar-refractivity contribution is -0.274. The van der Waals surface area contributed by atoms with Crippen LogP contribution in [0.5, 0.6) is 5.75 Å². The lowest BCUT2D eigenvalue weighted by atomic mass is 10.1. The van der Waals surface area contributed by atoms with Gasteiger partial charge in [-0.3, -0.25) is 0 Å². The van der Waals surface area contributed by atoms with Gasteiger partial charge in [-0.25, -0.2) is 14.3 Å². The highest BCUT2D eigenvalue weighted by atomic mass is 32.2. The quantitative estimate of drug-likeness (QED) is 0.319. The number of halogens is 1. The van der Waals surface area contributed by atoms with E-state index >= 15 is 4.39 Å². The van der Waals surface area contributed by atoms with E-state index in [9.17, 15) is 10.2 Å². The second-order valence-corrected chi connectivity index (χ2v) is 10.1. The van der Waals surface area contributed by atoms with E-state index in [0.29, 0.717) is 30.4 Å². The van der Waals surface area contributed by atoms with Crippen LogP contribution in [0.15, 0.2) is 60.9 Å². The minimum atomic E-state index is -2.36. The van der Waals surface area contributed by atoms with Crippen molar-refractivity contribution in [2.75, 3.05) is 29.9 Å². The molecule has 1 aliphatic rings. The number of hydrogen-bond acceptors (Lipinski definition) is 8. The minimum absolute atomic E-state index is 0.0938. The number of benzene rings is 2. The molecule has 1 fully saturated rings. The summed E-state index contributed by atoms with van der Waals surface area (Å²) in [5.74, 6) is -0.357. The van der Waals surface area contributed by atoms with E-state index in [1.54, 1.807) is 34.8 Å². The van der Waals surface area contributed by atoms with Gasteiger partial charge in [0, 0.05) is 53.7 Å². The topological polar surface area (TPSA) is 95.7 Å². The van der Waals surface area contributed by atoms with Gasteiger partial charge in [-0.05, 0) is 62.4 Å². The number of aromatic nitrogens is 3. The lowest BCUT2D eigenvalue weighted by Gasteiger charge is -2.37. The number of hydrogen-bond donors (Lipinski definition) is 3. The molecule has 0 amide bonds. The maximum absolute atomic E-state index is 15.2. The molecule has 0 atom stereocenters. The summed E-state index contributed by atoms with van der Waals surface area (Å²) in [6.07, 6.45) is 3.57. The summed E-state index contributed by atoms with van der Waals surface area (Å²) in [6.45, 7) is 4.89. The van der Waals surface area contributed by atoms with Crippen molar-refractivity contribution >= 4 is 34.4 Å². The third kappa shape index (κ3) is 5.03. The summed E-state index contributed by atoms with van der Waals surface area (Å²) in [7, 11) is 0. The average Bonchev–Trinajstić information content (AvgIpc) is 3.28. The number of anilines is 2. The molecule has 1 aliphatic heterocycles. The Hall–Kier alpha value is -3.18. The molecule has 8 nitrogen and oxygen atoms in total. The van der Waals surface area contributed by atoms with Crippen LogP contribution >= 0.6 is 11.8 Å². The van der Waals surface area contributed by atoms with Gasteiger partial charge in [0.05, 0.1) is 11.7 Å². The molecule has 4 aromatic rings. The Kier molecular flexibility index (Phi) is 6.85. The molecule has 2 aromatic carbocycles. The van der Waals surface area contributed by atoms with Crippen molar-refractivity contribution in [1.29, 1.82) is 0 Å². The monoisotopic (exact) mass is 509 g/mol. The first kappa shape index (κ1) is 24.5. The molecule has 36 heavy (non-hydrogen) atoms. The van der Waals surface area contributed by atoms with Crippen molar-refractivity contribution < 1.29 is 19.3 Å². The Morgan fingerprint density at radius 3 is 2.53 bits per heavy atom. The van der Waals surface area contributed by atoms with Gasteiger partial charge in [-0.2, -0.15) is 16.7 Å². The first-order chi connectivity index (χ1) is 17.3. The van der Waals surface area contributed by atoms with Crippen molar-refractivity contribution in [1.82, 2.24) is 19.4 Å². The van der Waals surface area contributed by atoms with E-state index in [1.807, 2.05) is 44.2 Å². The van der Waals surface area contributed by atoms with E-state index in [2.05, 4.69) is 15.3 Å². The molecule has 3 N–H and O–H groups in total. The summed E-state index contributed by atoms with van der Waals surface area (Å²) >= 11 is 1.74. The van der Waals surface area contributed by atoms with Crippen LogP contribution in [0.2, 0.25) is 0 Å². The van der Waals surface area contributed by atoms with Gasteiger partial charge >= 0.3 is 0 Å². The van der Waals surface area contributed by atoms with Gasteiger partial charge in [0.25, 0.3) is 5.91 Å². The zero-order valence-corrected chi connectivity index (χ0v) is 20.9. The van der Waals surface area contributed by atoms with E-state index in [4.69, 9.17) is 4.74 Å². The summed E-state index contributed by atoms with van der Waals surface area (Å²) in [5.41, 5.74) is 1.73. The molecule has 0 unspecified atom stereocenters. The Bertz CT molecular complexity index is 1350. The van der Waals surface area contributed by atoms with Crippen molar-refractivity contribution in [2.24, 2.45) is 0 Å². The standard InChI is InChI=1S/C26H28FN5O3S/c1-17(2)35-21-6-3-19(4-7-21)29-25-28-16-18-9-10-32(24(18)30-25)20-5-8-22(23(27)15-20)26(33,34)31-11-13-36-14-12-31/h3-10,15-17,33-34H,11-14H2,1-2H3,(H,28,29,30). The maximum atomic E-state index is 15.2. The molecule has 0 aliphatic carbocycles. The van der Waals surface area contributed by atoms with Crippen molar-refractivity contribution in [2.45, 2.75) is 25.9 Å². The molecule has 0 spiro atoms. The third-order valence-corrected chi connectivity index (χ3v) is 6.90. The van der Waals surface area contributed by atoms with Gasteiger partial charge in [0.15, 0.2) is 0 Å². The average molecular weight is 510 g/mol. The highest BCUT2D eigenvalue weighted by Gasteiger charge is 2.37. The molecular formula is C26H28FN5O3S. The molecule has 3 heterocycles. The Balaban J connectivity index is 1.40. The predicted octanol–water partition coefficient (Wildman–Crippen LogP) is 4.23. The van der Waals surface area contributed by atoms with E-state index < -0.39 is 11.7 Å². The fourth-order valence-corrected chi connectivity index (χ4v) is 5.08. The molecule has 0 radical (unpaired) electrons. The van der Waals surface area contributed by atoms with Gasteiger partial charge in [-0.15, -0.1) is 0 Å². The Labute approximate surface area is 212 Å². The van der Waals surface area contributed by atoms with Crippen LogP contribution in [0.1, 0.15) is 19.4 Å². The predicted molar refractivity (Wildman–Crippen MR) is 139 cm³/mol. The number of fused-ring (bicyclic) bond motifs is 1. The van der Waals surface area contributed by atoms with E-state index in [1.165, 1.54) is 17.0 Å². The Morgan fingerprint density at radius 1 is 1.08 bits per heavy atom. The fraction of sp³-hybridized carbons (Fsp3) is 0.308. The van der Waals surface area contributed by atoms with Crippen LogP contribution in [0, 0.1) is 5.82 Å². The van der Waals surface area contributed by atoms with Crippen LogP contribution in [-0.2, 0) is 5.91 Å². The largest absolute Gasteiger partial charge is 0.491 e. The minimum Gasteiger partial charge on any atom is -0.491 e. The van der Waals surface area contributed by atoms with Crippen LogP contribution in [-0.4, -0.2) is 60.3 Å². The van der Waals surface area contributed by atoms with Crippen molar-refractivity contribution in [3.63, 3.8) is 0 Å². The van der Waals surface area contributed by atoms with Crippen LogP contribution < -0.4 is 10.1 Å². The number of nitrogens with one attached hydrogen (secondary N) is 1. The number of thioether (sulfide) groups is 1. The molecule has 10 heteroatoms. The van der Waals surface area contributed by atoms with Crippen molar-refractivity contribution in [3.8, 4) is 11.4 Å². The summed E-state index contributed by atoms with van der Waals surface area (Å²) in [4.78, 5) is 10.5. The number of ether oxygens (including phenoxy) is 1. The molecule has 1 saturated heterocycles. The Morgan fingerprint density at radius 2 is 1.83 bits per heavy atom. The van der Waals surface area contributed by atoms with E-state index in [0.717, 1.165) is 28.3 Å². The fourth-order valence-electron chi connectivity index (χ4n) is 4.18. The number of aliphatic hydroxyl groups is 2. The first-order valence-electron chi connectivity index (χ1n) is 11.8. The summed E-state index contributed by atoms with van der Waals surface area (Å²) < 4.78 is 22.6. The molecule has 0 saturated carbocycles. The third-order valence-electron chi connectivity index (χ3n) is 5.95. The van der Waals surface area contributed by atoms with E-state index in [-0.39, 0.29) is 11.7 Å². The zero-order valence-electron chi connectivity index (χ0n) is 20.1.